The van der Waals surface area contributed by atoms with E-state index in [-0.39, 0.29) is 5.60 Å². The zero-order valence-corrected chi connectivity index (χ0v) is 11.0. The fourth-order valence-electron chi connectivity index (χ4n) is 2.33. The fraction of sp³-hybridized carbons (Fsp3) is 0.583. The Morgan fingerprint density at radius 2 is 2.31 bits per heavy atom. The van der Waals surface area contributed by atoms with Crippen molar-refractivity contribution in [3.63, 3.8) is 0 Å². The molecule has 0 aromatic carbocycles. The molecule has 1 aromatic heterocycles. The highest BCUT2D eigenvalue weighted by atomic mass is 79.9. The summed E-state index contributed by atoms with van der Waals surface area (Å²) in [7, 11) is 0. The lowest BCUT2D eigenvalue weighted by Gasteiger charge is -2.34. The van der Waals surface area contributed by atoms with Gasteiger partial charge in [-0.1, -0.05) is 0 Å². The van der Waals surface area contributed by atoms with E-state index in [1.807, 2.05) is 6.20 Å². The first kappa shape index (κ1) is 10.5. The molecule has 0 bridgehead atoms. The maximum atomic E-state index is 5.81. The van der Waals surface area contributed by atoms with Crippen LogP contribution >= 0.6 is 15.9 Å². The van der Waals surface area contributed by atoms with Crippen molar-refractivity contribution in [3.8, 4) is 0 Å². The lowest BCUT2D eigenvalue weighted by atomic mass is 10.2. The van der Waals surface area contributed by atoms with Crippen LogP contribution in [0.3, 0.4) is 0 Å². The van der Waals surface area contributed by atoms with E-state index in [2.05, 4.69) is 38.8 Å². The van der Waals surface area contributed by atoms with Gasteiger partial charge in [0.05, 0.1) is 12.2 Å². The van der Waals surface area contributed by atoms with Gasteiger partial charge in [-0.05, 0) is 47.3 Å². The first-order valence-corrected chi connectivity index (χ1v) is 6.49. The second-order valence-corrected chi connectivity index (χ2v) is 5.66. The molecular weight excluding hydrogens is 268 g/mol. The number of hydrogen-bond donors (Lipinski definition) is 0. The normalized spacial score (nSPS) is 22.5. The van der Waals surface area contributed by atoms with E-state index >= 15 is 0 Å². The first-order valence-electron chi connectivity index (χ1n) is 5.70. The smallest absolute Gasteiger partial charge is 0.131 e. The third-order valence-corrected chi connectivity index (χ3v) is 3.81. The molecule has 4 heteroatoms. The van der Waals surface area contributed by atoms with Gasteiger partial charge in [0.2, 0.25) is 0 Å². The average Bonchev–Trinajstić information content (AvgIpc) is 2.97. The van der Waals surface area contributed by atoms with Gasteiger partial charge < -0.3 is 9.64 Å². The summed E-state index contributed by atoms with van der Waals surface area (Å²) in [6.07, 6.45) is 4.29. The molecule has 1 saturated heterocycles. The highest BCUT2D eigenvalue weighted by Gasteiger charge is 2.47. The largest absolute Gasteiger partial charge is 0.371 e. The summed E-state index contributed by atoms with van der Waals surface area (Å²) in [5, 5.41) is 0. The number of ether oxygens (including phenoxy) is 1. The Balaban J connectivity index is 1.85. The molecule has 0 unspecified atom stereocenters. The SMILES string of the molecule is Cc1cc(Br)cnc1N1CCOC2(CC2)C1. The number of morpholine rings is 1. The zero-order valence-electron chi connectivity index (χ0n) is 9.37. The quantitative estimate of drug-likeness (QED) is 0.792. The number of halogens is 1. The third kappa shape index (κ3) is 1.84. The molecule has 2 heterocycles. The molecule has 16 heavy (non-hydrogen) atoms. The predicted octanol–water partition coefficient (Wildman–Crippen LogP) is 2.52. The van der Waals surface area contributed by atoms with Crippen molar-refractivity contribution < 1.29 is 4.74 Å². The summed E-state index contributed by atoms with van der Waals surface area (Å²) < 4.78 is 6.86. The summed E-state index contributed by atoms with van der Waals surface area (Å²) in [5.74, 6) is 1.11. The Labute approximate surface area is 104 Å². The van der Waals surface area contributed by atoms with Crippen LogP contribution in [0, 0.1) is 6.92 Å². The Morgan fingerprint density at radius 3 is 3.00 bits per heavy atom. The average molecular weight is 283 g/mol. The Hall–Kier alpha value is -0.610. The van der Waals surface area contributed by atoms with E-state index in [0.29, 0.717) is 0 Å². The van der Waals surface area contributed by atoms with Crippen molar-refractivity contribution in [2.45, 2.75) is 25.4 Å². The summed E-state index contributed by atoms with van der Waals surface area (Å²) in [6, 6.07) is 2.12. The molecule has 1 spiro atoms. The van der Waals surface area contributed by atoms with Gasteiger partial charge in [0.25, 0.3) is 0 Å². The minimum atomic E-state index is 0.166. The highest BCUT2D eigenvalue weighted by molar-refractivity contribution is 9.10. The number of rotatable bonds is 1. The Kier molecular flexibility index (Phi) is 2.44. The minimum Gasteiger partial charge on any atom is -0.371 e. The molecule has 2 aliphatic rings. The van der Waals surface area contributed by atoms with E-state index in [4.69, 9.17) is 4.74 Å². The lowest BCUT2D eigenvalue weighted by Crippen LogP contribution is -2.44. The van der Waals surface area contributed by atoms with Crippen molar-refractivity contribution >= 4 is 21.7 Å². The van der Waals surface area contributed by atoms with Gasteiger partial charge in [0.15, 0.2) is 0 Å². The van der Waals surface area contributed by atoms with Crippen LogP contribution in [-0.4, -0.2) is 30.3 Å². The van der Waals surface area contributed by atoms with E-state index < -0.39 is 0 Å². The Bertz CT molecular complexity index is 417. The lowest BCUT2D eigenvalue weighted by molar-refractivity contribution is 0.0203. The molecule has 2 fully saturated rings. The van der Waals surface area contributed by atoms with Gasteiger partial charge in [-0.15, -0.1) is 0 Å². The molecule has 1 aromatic rings. The highest BCUT2D eigenvalue weighted by Crippen LogP contribution is 2.42. The second-order valence-electron chi connectivity index (χ2n) is 4.75. The standard InChI is InChI=1S/C12H15BrN2O/c1-9-6-10(13)7-14-11(9)15-4-5-16-12(8-15)2-3-12/h6-7H,2-5,8H2,1H3. The van der Waals surface area contributed by atoms with E-state index in [0.717, 1.165) is 30.0 Å². The van der Waals surface area contributed by atoms with E-state index in [1.54, 1.807) is 0 Å². The monoisotopic (exact) mass is 282 g/mol. The maximum Gasteiger partial charge on any atom is 0.131 e. The van der Waals surface area contributed by atoms with Crippen molar-refractivity contribution in [1.82, 2.24) is 4.98 Å². The molecule has 3 nitrogen and oxygen atoms in total. The topological polar surface area (TPSA) is 25.4 Å². The van der Waals surface area contributed by atoms with Gasteiger partial charge in [-0.25, -0.2) is 4.98 Å². The van der Waals surface area contributed by atoms with Gasteiger partial charge in [0, 0.05) is 23.8 Å². The van der Waals surface area contributed by atoms with Crippen LogP contribution in [-0.2, 0) is 4.74 Å². The van der Waals surface area contributed by atoms with E-state index in [9.17, 15) is 0 Å². The summed E-state index contributed by atoms with van der Waals surface area (Å²) >= 11 is 3.45. The molecule has 0 N–H and O–H groups in total. The summed E-state index contributed by atoms with van der Waals surface area (Å²) in [6.45, 7) is 4.90. The summed E-state index contributed by atoms with van der Waals surface area (Å²) in [4.78, 5) is 6.88. The van der Waals surface area contributed by atoms with Crippen molar-refractivity contribution in [2.75, 3.05) is 24.6 Å². The molecule has 0 radical (unpaired) electrons. The van der Waals surface area contributed by atoms with E-state index in [1.165, 1.54) is 18.4 Å². The van der Waals surface area contributed by atoms with Gasteiger partial charge >= 0.3 is 0 Å². The van der Waals surface area contributed by atoms with Gasteiger partial charge in [-0.3, -0.25) is 0 Å². The number of aryl methyl sites for hydroxylation is 1. The van der Waals surface area contributed by atoms with Crippen LogP contribution in [0.5, 0.6) is 0 Å². The van der Waals surface area contributed by atoms with Crippen LogP contribution in [0.25, 0.3) is 0 Å². The molecule has 1 aliphatic heterocycles. The fourth-order valence-corrected chi connectivity index (χ4v) is 2.78. The van der Waals surface area contributed by atoms with Crippen LogP contribution in [0.1, 0.15) is 18.4 Å². The number of hydrogen-bond acceptors (Lipinski definition) is 3. The molecular formula is C12H15BrN2O. The van der Waals surface area contributed by atoms with Gasteiger partial charge in [-0.2, -0.15) is 0 Å². The minimum absolute atomic E-state index is 0.166. The number of pyridine rings is 1. The molecule has 0 amide bonds. The Morgan fingerprint density at radius 1 is 1.50 bits per heavy atom. The first-order chi connectivity index (χ1) is 7.69. The molecule has 1 aliphatic carbocycles. The number of anilines is 1. The number of aromatic nitrogens is 1. The number of nitrogens with zero attached hydrogens (tertiary/aromatic N) is 2. The van der Waals surface area contributed by atoms with Crippen LogP contribution in [0.15, 0.2) is 16.7 Å². The molecule has 1 saturated carbocycles. The summed E-state index contributed by atoms with van der Waals surface area (Å²) in [5.41, 5.74) is 1.39. The molecule has 86 valence electrons. The molecule has 3 rings (SSSR count). The maximum absolute atomic E-state index is 5.81. The van der Waals surface area contributed by atoms with Crippen LogP contribution < -0.4 is 4.90 Å². The molecule has 0 atom stereocenters. The van der Waals surface area contributed by atoms with Crippen molar-refractivity contribution in [3.05, 3.63) is 22.3 Å². The van der Waals surface area contributed by atoms with Crippen LogP contribution in [0.4, 0.5) is 5.82 Å². The second kappa shape index (κ2) is 3.70. The zero-order chi connectivity index (χ0) is 11.2. The van der Waals surface area contributed by atoms with Crippen molar-refractivity contribution in [1.29, 1.82) is 0 Å². The third-order valence-electron chi connectivity index (χ3n) is 3.37. The van der Waals surface area contributed by atoms with Crippen LogP contribution in [0.2, 0.25) is 0 Å². The van der Waals surface area contributed by atoms with Gasteiger partial charge in [0.1, 0.15) is 5.82 Å². The predicted molar refractivity (Wildman–Crippen MR) is 66.8 cm³/mol. The van der Waals surface area contributed by atoms with Crippen molar-refractivity contribution in [2.24, 2.45) is 0 Å².